The van der Waals surface area contributed by atoms with Crippen LogP contribution in [0.25, 0.3) is 0 Å². The lowest BCUT2D eigenvalue weighted by molar-refractivity contribution is 0.502. The fourth-order valence-electron chi connectivity index (χ4n) is 1.86. The van der Waals surface area contributed by atoms with E-state index in [9.17, 15) is 0 Å². The first-order valence-electron chi connectivity index (χ1n) is 5.28. The van der Waals surface area contributed by atoms with Gasteiger partial charge in [0.05, 0.1) is 0 Å². The van der Waals surface area contributed by atoms with E-state index < -0.39 is 0 Å². The summed E-state index contributed by atoms with van der Waals surface area (Å²) in [6.45, 7) is 1.84. The zero-order valence-corrected chi connectivity index (χ0v) is 12.0. The van der Waals surface area contributed by atoms with E-state index in [4.69, 9.17) is 17.3 Å². The van der Waals surface area contributed by atoms with Crippen LogP contribution in [0, 0.1) is 0 Å². The van der Waals surface area contributed by atoms with Gasteiger partial charge in [-0.25, -0.2) is 9.97 Å². The third-order valence-corrected chi connectivity index (χ3v) is 3.37. The monoisotopic (exact) mass is 294 g/mol. The largest absolute Gasteiger partial charge is 0.355 e. The molecule has 2 heterocycles. The Labute approximate surface area is 117 Å². The summed E-state index contributed by atoms with van der Waals surface area (Å²) in [6.07, 6.45) is 4.14. The molecular weight excluding hydrogens is 279 g/mol. The van der Waals surface area contributed by atoms with Crippen LogP contribution in [0.4, 0.5) is 5.82 Å². The van der Waals surface area contributed by atoms with Crippen molar-refractivity contribution in [2.45, 2.75) is 24.0 Å². The van der Waals surface area contributed by atoms with E-state index in [1.807, 2.05) is 6.26 Å². The molecule has 0 bridgehead atoms. The summed E-state index contributed by atoms with van der Waals surface area (Å²) >= 11 is 7.46. The Kier molecular flexibility index (Phi) is 5.79. The van der Waals surface area contributed by atoms with Gasteiger partial charge in [-0.15, -0.1) is 12.4 Å². The predicted molar refractivity (Wildman–Crippen MR) is 75.5 cm³/mol. The van der Waals surface area contributed by atoms with Crippen LogP contribution >= 0.6 is 35.8 Å². The van der Waals surface area contributed by atoms with Gasteiger partial charge in [0.2, 0.25) is 0 Å². The summed E-state index contributed by atoms with van der Waals surface area (Å²) in [5, 5.41) is 1.20. The fourth-order valence-corrected chi connectivity index (χ4v) is 2.46. The summed E-state index contributed by atoms with van der Waals surface area (Å²) in [6, 6.07) is 2.04. The molecule has 0 aromatic carbocycles. The van der Waals surface area contributed by atoms with E-state index in [1.165, 1.54) is 11.8 Å². The Morgan fingerprint density at radius 1 is 1.53 bits per heavy atom. The average Bonchev–Trinajstić information content (AvgIpc) is 2.28. The van der Waals surface area contributed by atoms with Crippen LogP contribution in [-0.4, -0.2) is 35.4 Å². The molecule has 0 aliphatic carbocycles. The molecule has 0 amide bonds. The number of halogens is 2. The SMILES string of the molecule is CSc1nc(Cl)cc(N2CCCC(N)C2)n1.Cl. The highest BCUT2D eigenvalue weighted by Crippen LogP contribution is 2.22. The van der Waals surface area contributed by atoms with E-state index in [0.29, 0.717) is 10.3 Å². The van der Waals surface area contributed by atoms with E-state index in [1.54, 1.807) is 6.07 Å². The van der Waals surface area contributed by atoms with Gasteiger partial charge in [0.15, 0.2) is 5.16 Å². The number of hydrogen-bond acceptors (Lipinski definition) is 5. The lowest BCUT2D eigenvalue weighted by atomic mass is 10.1. The minimum atomic E-state index is 0. The highest BCUT2D eigenvalue weighted by molar-refractivity contribution is 7.98. The quantitative estimate of drug-likeness (QED) is 0.515. The van der Waals surface area contributed by atoms with Crippen molar-refractivity contribution in [3.8, 4) is 0 Å². The van der Waals surface area contributed by atoms with Crippen LogP contribution in [0.1, 0.15) is 12.8 Å². The number of anilines is 1. The molecule has 0 radical (unpaired) electrons. The second kappa shape index (κ2) is 6.64. The molecule has 0 spiro atoms. The summed E-state index contributed by atoms with van der Waals surface area (Å²) in [4.78, 5) is 10.8. The van der Waals surface area contributed by atoms with Gasteiger partial charge >= 0.3 is 0 Å². The Hall–Kier alpha value is -0.230. The van der Waals surface area contributed by atoms with Gasteiger partial charge in [-0.3, -0.25) is 0 Å². The molecule has 1 atom stereocenters. The van der Waals surface area contributed by atoms with E-state index in [-0.39, 0.29) is 18.4 Å². The van der Waals surface area contributed by atoms with Gasteiger partial charge in [0.1, 0.15) is 11.0 Å². The van der Waals surface area contributed by atoms with Crippen LogP contribution < -0.4 is 10.6 Å². The van der Waals surface area contributed by atoms with Crippen LogP contribution in [0.2, 0.25) is 5.15 Å². The number of aromatic nitrogens is 2. The summed E-state index contributed by atoms with van der Waals surface area (Å²) in [5.41, 5.74) is 5.95. The zero-order valence-electron chi connectivity index (χ0n) is 9.60. The smallest absolute Gasteiger partial charge is 0.190 e. The van der Waals surface area contributed by atoms with E-state index in [0.717, 1.165) is 31.7 Å². The first-order valence-corrected chi connectivity index (χ1v) is 6.88. The molecule has 2 N–H and O–H groups in total. The molecule has 1 aliphatic heterocycles. The van der Waals surface area contributed by atoms with Crippen molar-refractivity contribution in [2.24, 2.45) is 5.73 Å². The standard InChI is InChI=1S/C10H15ClN4S.ClH/c1-16-10-13-8(11)5-9(14-10)15-4-2-3-7(12)6-15;/h5,7H,2-4,6,12H2,1H3;1H. The molecule has 2 rings (SSSR count). The highest BCUT2D eigenvalue weighted by Gasteiger charge is 2.18. The topological polar surface area (TPSA) is 55.0 Å². The van der Waals surface area contributed by atoms with Crippen molar-refractivity contribution in [3.63, 3.8) is 0 Å². The minimum absolute atomic E-state index is 0. The predicted octanol–water partition coefficient (Wildman–Crippen LogP) is 2.20. The number of hydrogen-bond donors (Lipinski definition) is 1. The first kappa shape index (κ1) is 14.8. The van der Waals surface area contributed by atoms with Gasteiger partial charge < -0.3 is 10.6 Å². The van der Waals surface area contributed by atoms with Gasteiger partial charge in [0, 0.05) is 25.2 Å². The van der Waals surface area contributed by atoms with Gasteiger partial charge in [0.25, 0.3) is 0 Å². The Morgan fingerprint density at radius 2 is 2.29 bits per heavy atom. The Balaban J connectivity index is 0.00000144. The number of nitrogens with two attached hydrogens (primary N) is 1. The zero-order chi connectivity index (χ0) is 11.5. The summed E-state index contributed by atoms with van der Waals surface area (Å²) in [5.74, 6) is 0.888. The molecule has 17 heavy (non-hydrogen) atoms. The lowest BCUT2D eigenvalue weighted by Gasteiger charge is -2.31. The van der Waals surface area contributed by atoms with Gasteiger partial charge in [-0.2, -0.15) is 0 Å². The number of thioether (sulfide) groups is 1. The molecule has 1 aromatic rings. The molecule has 4 nitrogen and oxygen atoms in total. The maximum atomic E-state index is 5.96. The van der Waals surface area contributed by atoms with Crippen LogP contribution in [-0.2, 0) is 0 Å². The highest BCUT2D eigenvalue weighted by atomic mass is 35.5. The normalized spacial score (nSPS) is 19.9. The molecule has 1 fully saturated rings. The minimum Gasteiger partial charge on any atom is -0.355 e. The second-order valence-electron chi connectivity index (χ2n) is 3.88. The maximum Gasteiger partial charge on any atom is 0.190 e. The molecule has 1 saturated heterocycles. The fraction of sp³-hybridized carbons (Fsp3) is 0.600. The van der Waals surface area contributed by atoms with Crippen molar-refractivity contribution in [3.05, 3.63) is 11.2 Å². The second-order valence-corrected chi connectivity index (χ2v) is 5.04. The van der Waals surface area contributed by atoms with E-state index in [2.05, 4.69) is 14.9 Å². The molecule has 1 aromatic heterocycles. The first-order chi connectivity index (χ1) is 7.69. The molecular formula is C10H16Cl2N4S. The van der Waals surface area contributed by atoms with Crippen molar-refractivity contribution in [2.75, 3.05) is 24.2 Å². The van der Waals surface area contributed by atoms with Crippen LogP contribution in [0.3, 0.4) is 0 Å². The Morgan fingerprint density at radius 3 is 2.94 bits per heavy atom. The van der Waals surface area contributed by atoms with Gasteiger partial charge in [-0.1, -0.05) is 23.4 Å². The van der Waals surface area contributed by atoms with E-state index >= 15 is 0 Å². The lowest BCUT2D eigenvalue weighted by Crippen LogP contribution is -2.43. The van der Waals surface area contributed by atoms with Crippen LogP contribution in [0.15, 0.2) is 11.2 Å². The van der Waals surface area contributed by atoms with Gasteiger partial charge in [-0.05, 0) is 19.1 Å². The third kappa shape index (κ3) is 3.88. The van der Waals surface area contributed by atoms with Crippen molar-refractivity contribution in [1.29, 1.82) is 0 Å². The molecule has 96 valence electrons. The molecule has 1 aliphatic rings. The van der Waals surface area contributed by atoms with Crippen LogP contribution in [0.5, 0.6) is 0 Å². The molecule has 7 heteroatoms. The summed E-state index contributed by atoms with van der Waals surface area (Å²) in [7, 11) is 0. The average molecular weight is 295 g/mol. The maximum absolute atomic E-state index is 5.96. The third-order valence-electron chi connectivity index (χ3n) is 2.63. The molecule has 0 saturated carbocycles. The number of piperidine rings is 1. The summed E-state index contributed by atoms with van der Waals surface area (Å²) < 4.78 is 0. The molecule has 1 unspecified atom stereocenters. The van der Waals surface area contributed by atoms with Crippen molar-refractivity contribution in [1.82, 2.24) is 9.97 Å². The number of nitrogens with zero attached hydrogens (tertiary/aromatic N) is 3. The number of rotatable bonds is 2. The van der Waals surface area contributed by atoms with Crippen molar-refractivity contribution >= 4 is 41.6 Å². The van der Waals surface area contributed by atoms with Crippen molar-refractivity contribution < 1.29 is 0 Å². The Bertz CT molecular complexity index is 377.